The first-order valence-electron chi connectivity index (χ1n) is 8.09. The Labute approximate surface area is 128 Å². The molecule has 1 unspecified atom stereocenters. The molecule has 1 N–H and O–H groups in total. The van der Waals surface area contributed by atoms with Gasteiger partial charge < -0.3 is 14.6 Å². The van der Waals surface area contributed by atoms with E-state index in [9.17, 15) is 5.11 Å². The van der Waals surface area contributed by atoms with Gasteiger partial charge in [-0.2, -0.15) is 0 Å². The molecule has 1 atom stereocenters. The smallest absolute Gasteiger partial charge is 0.124 e. The molecule has 1 aliphatic carbocycles. The standard InChI is InChI=1S/C18H28O3/c1-4-5-13-6-8-14(9-7-13)18(19)16-12-15(20-2)10-11-17(16)21-3/h10-14,18-19H,4-9H2,1-3H3. The average Bonchev–Trinajstić information content (AvgIpc) is 2.54. The van der Waals surface area contributed by atoms with Crippen LogP contribution in [-0.4, -0.2) is 19.3 Å². The van der Waals surface area contributed by atoms with Gasteiger partial charge >= 0.3 is 0 Å². The van der Waals surface area contributed by atoms with Crippen molar-refractivity contribution < 1.29 is 14.6 Å². The molecule has 1 aliphatic rings. The highest BCUT2D eigenvalue weighted by Crippen LogP contribution is 2.41. The second kappa shape index (κ2) is 7.69. The van der Waals surface area contributed by atoms with Crippen LogP contribution < -0.4 is 9.47 Å². The fourth-order valence-electron chi connectivity index (χ4n) is 3.53. The van der Waals surface area contributed by atoms with E-state index < -0.39 is 6.10 Å². The molecule has 3 heteroatoms. The van der Waals surface area contributed by atoms with Crippen molar-refractivity contribution in [3.05, 3.63) is 23.8 Å². The van der Waals surface area contributed by atoms with E-state index in [2.05, 4.69) is 6.92 Å². The Kier molecular flexibility index (Phi) is 5.92. The molecule has 1 saturated carbocycles. The summed E-state index contributed by atoms with van der Waals surface area (Å²) in [6, 6.07) is 5.65. The Morgan fingerprint density at radius 2 is 1.86 bits per heavy atom. The highest BCUT2D eigenvalue weighted by Gasteiger charge is 2.28. The zero-order chi connectivity index (χ0) is 15.2. The van der Waals surface area contributed by atoms with Crippen LogP contribution in [0.15, 0.2) is 18.2 Å². The van der Waals surface area contributed by atoms with Gasteiger partial charge in [-0.25, -0.2) is 0 Å². The Bertz CT molecular complexity index is 436. The van der Waals surface area contributed by atoms with Crippen molar-refractivity contribution in [2.24, 2.45) is 11.8 Å². The van der Waals surface area contributed by atoms with Crippen LogP contribution in [0.4, 0.5) is 0 Å². The lowest BCUT2D eigenvalue weighted by molar-refractivity contribution is 0.0700. The summed E-state index contributed by atoms with van der Waals surface area (Å²) in [5.74, 6) is 2.70. The van der Waals surface area contributed by atoms with E-state index in [1.807, 2.05) is 18.2 Å². The fraction of sp³-hybridized carbons (Fsp3) is 0.667. The van der Waals surface area contributed by atoms with Crippen LogP contribution >= 0.6 is 0 Å². The second-order valence-corrected chi connectivity index (χ2v) is 6.12. The lowest BCUT2D eigenvalue weighted by Gasteiger charge is -2.32. The van der Waals surface area contributed by atoms with Gasteiger partial charge in [-0.05, 0) is 42.9 Å². The molecule has 118 valence electrons. The van der Waals surface area contributed by atoms with Crippen LogP contribution in [0.3, 0.4) is 0 Å². The number of aliphatic hydroxyl groups is 1. The Balaban J connectivity index is 2.07. The Morgan fingerprint density at radius 3 is 2.43 bits per heavy atom. The number of ether oxygens (including phenoxy) is 2. The third kappa shape index (κ3) is 3.91. The Hall–Kier alpha value is -1.22. The normalized spacial score (nSPS) is 23.6. The van der Waals surface area contributed by atoms with Gasteiger partial charge in [-0.15, -0.1) is 0 Å². The van der Waals surface area contributed by atoms with Crippen LogP contribution in [0, 0.1) is 11.8 Å². The molecule has 0 heterocycles. The minimum Gasteiger partial charge on any atom is -0.497 e. The molecule has 0 aliphatic heterocycles. The first kappa shape index (κ1) is 16.2. The number of aliphatic hydroxyl groups excluding tert-OH is 1. The summed E-state index contributed by atoms with van der Waals surface area (Å²) < 4.78 is 10.7. The third-order valence-electron chi connectivity index (χ3n) is 4.79. The maximum absolute atomic E-state index is 10.8. The van der Waals surface area contributed by atoms with Crippen molar-refractivity contribution in [3.8, 4) is 11.5 Å². The van der Waals surface area contributed by atoms with Crippen molar-refractivity contribution in [2.75, 3.05) is 14.2 Å². The van der Waals surface area contributed by atoms with E-state index in [0.717, 1.165) is 35.8 Å². The lowest BCUT2D eigenvalue weighted by Crippen LogP contribution is -2.21. The van der Waals surface area contributed by atoms with Crippen molar-refractivity contribution in [3.63, 3.8) is 0 Å². The molecule has 3 nitrogen and oxygen atoms in total. The minimum atomic E-state index is -0.461. The van der Waals surface area contributed by atoms with Gasteiger partial charge in [0.1, 0.15) is 11.5 Å². The predicted molar refractivity (Wildman–Crippen MR) is 84.9 cm³/mol. The summed E-state index contributed by atoms with van der Waals surface area (Å²) in [5.41, 5.74) is 0.857. The molecular weight excluding hydrogens is 264 g/mol. The van der Waals surface area contributed by atoms with Crippen molar-refractivity contribution in [1.82, 2.24) is 0 Å². The zero-order valence-electron chi connectivity index (χ0n) is 13.5. The molecule has 0 amide bonds. The van der Waals surface area contributed by atoms with Crippen LogP contribution in [0.2, 0.25) is 0 Å². The molecule has 1 aromatic rings. The van der Waals surface area contributed by atoms with Gasteiger partial charge in [-0.3, -0.25) is 0 Å². The summed E-state index contributed by atoms with van der Waals surface area (Å²) in [7, 11) is 3.30. The maximum Gasteiger partial charge on any atom is 0.124 e. The fourth-order valence-corrected chi connectivity index (χ4v) is 3.53. The zero-order valence-corrected chi connectivity index (χ0v) is 13.5. The molecule has 0 radical (unpaired) electrons. The van der Waals surface area contributed by atoms with E-state index in [-0.39, 0.29) is 0 Å². The van der Waals surface area contributed by atoms with Crippen LogP contribution in [-0.2, 0) is 0 Å². The quantitative estimate of drug-likeness (QED) is 0.847. The number of hydrogen-bond donors (Lipinski definition) is 1. The summed E-state index contributed by atoms with van der Waals surface area (Å²) in [6.45, 7) is 2.25. The first-order valence-corrected chi connectivity index (χ1v) is 8.09. The number of hydrogen-bond acceptors (Lipinski definition) is 3. The summed E-state index contributed by atoms with van der Waals surface area (Å²) in [6.07, 6.45) is 6.81. The summed E-state index contributed by atoms with van der Waals surface area (Å²) in [4.78, 5) is 0. The summed E-state index contributed by atoms with van der Waals surface area (Å²) in [5, 5.41) is 10.8. The molecule has 1 fully saturated rings. The van der Waals surface area contributed by atoms with Gasteiger partial charge in [0.15, 0.2) is 0 Å². The minimum absolute atomic E-state index is 0.333. The SMILES string of the molecule is CCCC1CCC(C(O)c2cc(OC)ccc2OC)CC1. The van der Waals surface area contributed by atoms with Gasteiger partial charge in [0.2, 0.25) is 0 Å². The van der Waals surface area contributed by atoms with Gasteiger partial charge in [0.25, 0.3) is 0 Å². The largest absolute Gasteiger partial charge is 0.497 e. The molecule has 2 rings (SSSR count). The van der Waals surface area contributed by atoms with E-state index in [0.29, 0.717) is 5.92 Å². The average molecular weight is 292 g/mol. The molecule has 0 aromatic heterocycles. The van der Waals surface area contributed by atoms with Gasteiger partial charge in [0, 0.05) is 5.56 Å². The molecular formula is C18H28O3. The molecule has 0 bridgehead atoms. The highest BCUT2D eigenvalue weighted by atomic mass is 16.5. The van der Waals surface area contributed by atoms with Crippen LogP contribution in [0.5, 0.6) is 11.5 Å². The van der Waals surface area contributed by atoms with E-state index in [1.165, 1.54) is 25.7 Å². The topological polar surface area (TPSA) is 38.7 Å². The lowest BCUT2D eigenvalue weighted by atomic mass is 9.76. The molecule has 21 heavy (non-hydrogen) atoms. The third-order valence-corrected chi connectivity index (χ3v) is 4.79. The molecule has 0 saturated heterocycles. The Morgan fingerprint density at radius 1 is 1.14 bits per heavy atom. The van der Waals surface area contributed by atoms with E-state index in [4.69, 9.17) is 9.47 Å². The van der Waals surface area contributed by atoms with Crippen LogP contribution in [0.25, 0.3) is 0 Å². The number of rotatable bonds is 6. The first-order chi connectivity index (χ1) is 10.2. The number of methoxy groups -OCH3 is 2. The van der Waals surface area contributed by atoms with Crippen molar-refractivity contribution in [1.29, 1.82) is 0 Å². The predicted octanol–water partition coefficient (Wildman–Crippen LogP) is 4.34. The molecule has 0 spiro atoms. The highest BCUT2D eigenvalue weighted by molar-refractivity contribution is 5.41. The van der Waals surface area contributed by atoms with Gasteiger partial charge in [-0.1, -0.05) is 32.6 Å². The second-order valence-electron chi connectivity index (χ2n) is 6.12. The van der Waals surface area contributed by atoms with Crippen LogP contribution in [0.1, 0.15) is 57.1 Å². The maximum atomic E-state index is 10.8. The van der Waals surface area contributed by atoms with Crippen molar-refractivity contribution in [2.45, 2.75) is 51.6 Å². The summed E-state index contributed by atoms with van der Waals surface area (Å²) >= 11 is 0. The molecule has 1 aromatic carbocycles. The van der Waals surface area contributed by atoms with Crippen molar-refractivity contribution >= 4 is 0 Å². The van der Waals surface area contributed by atoms with E-state index >= 15 is 0 Å². The number of benzene rings is 1. The monoisotopic (exact) mass is 292 g/mol. The van der Waals surface area contributed by atoms with E-state index in [1.54, 1.807) is 14.2 Å². The van der Waals surface area contributed by atoms with Gasteiger partial charge in [0.05, 0.1) is 20.3 Å².